The average molecular weight is 247 g/mol. The molecule has 0 bridgehead atoms. The number of nitrogens with one attached hydrogen (secondary N) is 2. The Bertz CT molecular complexity index is 473. The van der Waals surface area contributed by atoms with Gasteiger partial charge in [-0.05, 0) is 38.1 Å². The second kappa shape index (κ2) is 5.18. The van der Waals surface area contributed by atoms with Crippen LogP contribution in [0.3, 0.4) is 0 Å². The molecule has 1 fully saturated rings. The lowest BCUT2D eigenvalue weighted by Gasteiger charge is -2.15. The summed E-state index contributed by atoms with van der Waals surface area (Å²) in [4.78, 5) is 23.1. The van der Waals surface area contributed by atoms with Gasteiger partial charge in [-0.3, -0.25) is 9.59 Å². The minimum Gasteiger partial charge on any atom is -0.366 e. The minimum atomic E-state index is -0.498. The molecule has 18 heavy (non-hydrogen) atoms. The number of carbonyl (C=O) groups excluding carboxylic acids is 2. The molecule has 1 aliphatic rings. The van der Waals surface area contributed by atoms with Crippen LogP contribution in [0.25, 0.3) is 0 Å². The van der Waals surface area contributed by atoms with Crippen molar-refractivity contribution in [1.82, 2.24) is 5.32 Å². The quantitative estimate of drug-likeness (QED) is 0.736. The van der Waals surface area contributed by atoms with Crippen LogP contribution in [0.5, 0.6) is 0 Å². The standard InChI is InChI=1S/C13H17N3O2/c1-8-11(5-6-15-8)13(18)16-10-4-2-3-9(7-10)12(14)17/h2-4,7-8,11,15H,5-6H2,1H3,(H2,14,17)(H,16,18). The van der Waals surface area contributed by atoms with Gasteiger partial charge in [0.1, 0.15) is 0 Å². The summed E-state index contributed by atoms with van der Waals surface area (Å²) in [6, 6.07) is 6.85. The Labute approximate surface area is 106 Å². The highest BCUT2D eigenvalue weighted by Gasteiger charge is 2.29. The number of primary amides is 1. The summed E-state index contributed by atoms with van der Waals surface area (Å²) in [6.07, 6.45) is 0.836. The lowest BCUT2D eigenvalue weighted by atomic mass is 10.0. The summed E-state index contributed by atoms with van der Waals surface area (Å²) in [5.74, 6) is -0.543. The number of hydrogen-bond acceptors (Lipinski definition) is 3. The monoisotopic (exact) mass is 247 g/mol. The van der Waals surface area contributed by atoms with Crippen LogP contribution in [0.15, 0.2) is 24.3 Å². The van der Waals surface area contributed by atoms with Crippen molar-refractivity contribution in [1.29, 1.82) is 0 Å². The summed E-state index contributed by atoms with van der Waals surface area (Å²) in [7, 11) is 0. The summed E-state index contributed by atoms with van der Waals surface area (Å²) >= 11 is 0. The molecule has 2 rings (SSSR count). The van der Waals surface area contributed by atoms with Crippen molar-refractivity contribution in [2.24, 2.45) is 11.7 Å². The summed E-state index contributed by atoms with van der Waals surface area (Å²) in [6.45, 7) is 2.86. The molecular formula is C13H17N3O2. The molecule has 0 radical (unpaired) electrons. The Morgan fingerprint density at radius 2 is 2.22 bits per heavy atom. The first-order chi connectivity index (χ1) is 8.58. The third-order valence-electron chi connectivity index (χ3n) is 3.28. The van der Waals surface area contributed by atoms with E-state index in [1.165, 1.54) is 0 Å². The van der Waals surface area contributed by atoms with Gasteiger partial charge in [-0.25, -0.2) is 0 Å². The van der Waals surface area contributed by atoms with E-state index in [4.69, 9.17) is 5.73 Å². The van der Waals surface area contributed by atoms with Crippen molar-refractivity contribution in [2.75, 3.05) is 11.9 Å². The Morgan fingerprint density at radius 3 is 2.83 bits per heavy atom. The zero-order valence-electron chi connectivity index (χ0n) is 10.3. The van der Waals surface area contributed by atoms with Crippen LogP contribution in [-0.2, 0) is 4.79 Å². The molecule has 1 saturated heterocycles. The predicted molar refractivity (Wildman–Crippen MR) is 69.2 cm³/mol. The first kappa shape index (κ1) is 12.6. The molecule has 2 unspecified atom stereocenters. The highest BCUT2D eigenvalue weighted by molar-refractivity contribution is 5.97. The molecule has 5 heteroatoms. The third kappa shape index (κ3) is 2.68. The Morgan fingerprint density at radius 1 is 1.44 bits per heavy atom. The van der Waals surface area contributed by atoms with Crippen LogP contribution in [-0.4, -0.2) is 24.4 Å². The second-order valence-electron chi connectivity index (χ2n) is 4.57. The van der Waals surface area contributed by atoms with Crippen molar-refractivity contribution in [3.8, 4) is 0 Å². The average Bonchev–Trinajstić information content (AvgIpc) is 2.76. The number of benzene rings is 1. The van der Waals surface area contributed by atoms with Crippen LogP contribution in [0.2, 0.25) is 0 Å². The second-order valence-corrected chi connectivity index (χ2v) is 4.57. The fourth-order valence-electron chi connectivity index (χ4n) is 2.20. The Balaban J connectivity index is 2.07. The molecular weight excluding hydrogens is 230 g/mol. The van der Waals surface area contributed by atoms with Gasteiger partial charge in [-0.2, -0.15) is 0 Å². The van der Waals surface area contributed by atoms with E-state index in [-0.39, 0.29) is 17.9 Å². The van der Waals surface area contributed by atoms with Gasteiger partial charge in [0.15, 0.2) is 0 Å². The topological polar surface area (TPSA) is 84.2 Å². The molecule has 1 heterocycles. The van der Waals surface area contributed by atoms with E-state index in [1.54, 1.807) is 24.3 Å². The first-order valence-corrected chi connectivity index (χ1v) is 6.02. The van der Waals surface area contributed by atoms with Crippen molar-refractivity contribution < 1.29 is 9.59 Å². The normalized spacial score (nSPS) is 22.7. The maximum atomic E-state index is 12.0. The highest BCUT2D eigenvalue weighted by atomic mass is 16.2. The number of carbonyl (C=O) groups is 2. The lowest BCUT2D eigenvalue weighted by Crippen LogP contribution is -2.32. The zero-order valence-corrected chi connectivity index (χ0v) is 10.3. The van der Waals surface area contributed by atoms with Crippen LogP contribution >= 0.6 is 0 Å². The molecule has 0 saturated carbocycles. The van der Waals surface area contributed by atoms with Crippen molar-refractivity contribution >= 4 is 17.5 Å². The predicted octanol–water partition coefficient (Wildman–Crippen LogP) is 0.722. The van der Waals surface area contributed by atoms with Crippen LogP contribution in [0, 0.1) is 5.92 Å². The van der Waals surface area contributed by atoms with E-state index >= 15 is 0 Å². The van der Waals surface area contributed by atoms with E-state index in [2.05, 4.69) is 10.6 Å². The Kier molecular flexibility index (Phi) is 3.62. The van der Waals surface area contributed by atoms with Crippen LogP contribution in [0.1, 0.15) is 23.7 Å². The van der Waals surface area contributed by atoms with Gasteiger partial charge >= 0.3 is 0 Å². The van der Waals surface area contributed by atoms with E-state index in [1.807, 2.05) is 6.92 Å². The molecule has 4 N–H and O–H groups in total. The molecule has 0 aromatic heterocycles. The fraction of sp³-hybridized carbons (Fsp3) is 0.385. The number of nitrogens with two attached hydrogens (primary N) is 1. The minimum absolute atomic E-state index is 0.0193. The van der Waals surface area contributed by atoms with Crippen molar-refractivity contribution in [3.63, 3.8) is 0 Å². The van der Waals surface area contributed by atoms with E-state index in [9.17, 15) is 9.59 Å². The maximum absolute atomic E-state index is 12.0. The third-order valence-corrected chi connectivity index (χ3v) is 3.28. The van der Waals surface area contributed by atoms with Gasteiger partial charge in [-0.1, -0.05) is 6.07 Å². The maximum Gasteiger partial charge on any atom is 0.248 e. The zero-order chi connectivity index (χ0) is 13.1. The van der Waals surface area contributed by atoms with Crippen molar-refractivity contribution in [3.05, 3.63) is 29.8 Å². The Hall–Kier alpha value is -1.88. The van der Waals surface area contributed by atoms with Gasteiger partial charge in [0.2, 0.25) is 11.8 Å². The molecule has 0 spiro atoms. The van der Waals surface area contributed by atoms with Gasteiger partial charge in [-0.15, -0.1) is 0 Å². The lowest BCUT2D eigenvalue weighted by molar-refractivity contribution is -0.120. The van der Waals surface area contributed by atoms with Crippen LogP contribution < -0.4 is 16.4 Å². The largest absolute Gasteiger partial charge is 0.366 e. The smallest absolute Gasteiger partial charge is 0.248 e. The molecule has 2 atom stereocenters. The molecule has 96 valence electrons. The van der Waals surface area contributed by atoms with Gasteiger partial charge in [0, 0.05) is 17.3 Å². The summed E-state index contributed by atoms with van der Waals surface area (Å²) in [5.41, 5.74) is 6.20. The summed E-state index contributed by atoms with van der Waals surface area (Å²) < 4.78 is 0. The molecule has 2 amide bonds. The number of rotatable bonds is 3. The van der Waals surface area contributed by atoms with Crippen molar-refractivity contribution in [2.45, 2.75) is 19.4 Å². The fourth-order valence-corrected chi connectivity index (χ4v) is 2.20. The molecule has 0 aliphatic carbocycles. The highest BCUT2D eigenvalue weighted by Crippen LogP contribution is 2.18. The van der Waals surface area contributed by atoms with Gasteiger partial charge in [0.25, 0.3) is 0 Å². The van der Waals surface area contributed by atoms with Crippen LogP contribution in [0.4, 0.5) is 5.69 Å². The molecule has 1 aliphatic heterocycles. The number of hydrogen-bond donors (Lipinski definition) is 3. The van der Waals surface area contributed by atoms with Gasteiger partial charge in [0.05, 0.1) is 5.92 Å². The van der Waals surface area contributed by atoms with E-state index in [0.717, 1.165) is 13.0 Å². The van der Waals surface area contributed by atoms with E-state index < -0.39 is 5.91 Å². The number of anilines is 1. The van der Waals surface area contributed by atoms with Gasteiger partial charge < -0.3 is 16.4 Å². The SMILES string of the molecule is CC1NCCC1C(=O)Nc1cccc(C(N)=O)c1. The van der Waals surface area contributed by atoms with E-state index in [0.29, 0.717) is 11.3 Å². The molecule has 1 aromatic carbocycles. The molecule has 5 nitrogen and oxygen atoms in total. The first-order valence-electron chi connectivity index (χ1n) is 6.02. The molecule has 1 aromatic rings. The number of amides is 2. The summed E-state index contributed by atoms with van der Waals surface area (Å²) in [5, 5.41) is 6.05.